The second kappa shape index (κ2) is 4.76. The van der Waals surface area contributed by atoms with E-state index in [4.69, 9.17) is 0 Å². The van der Waals surface area contributed by atoms with Crippen LogP contribution in [0.5, 0.6) is 0 Å². The highest BCUT2D eigenvalue weighted by Gasteiger charge is 2.22. The number of rotatable bonds is 4. The molecule has 0 N–H and O–H groups in total. The van der Waals surface area contributed by atoms with Crippen molar-refractivity contribution in [2.24, 2.45) is 18.4 Å². The fraction of sp³-hybridized carbons (Fsp3) is 0.750. The second-order valence-electron chi connectivity index (χ2n) is 5.57. The van der Waals surface area contributed by atoms with E-state index in [0.29, 0.717) is 18.8 Å². The maximum Gasteiger partial charge on any atom is 0.139 e. The number of ketones is 1. The molecule has 1 heterocycles. The summed E-state index contributed by atoms with van der Waals surface area (Å²) < 4.78 is 1.62. The molecule has 1 aromatic rings. The highest BCUT2D eigenvalue weighted by atomic mass is 16.1. The molecule has 0 bridgehead atoms. The Balaban J connectivity index is 2.48. The van der Waals surface area contributed by atoms with Gasteiger partial charge in [-0.2, -0.15) is 0 Å². The summed E-state index contributed by atoms with van der Waals surface area (Å²) in [7, 11) is 1.80. The number of nitrogens with zero attached hydrogens (tertiary/aromatic N) is 3. The lowest BCUT2D eigenvalue weighted by atomic mass is 9.79. The summed E-state index contributed by atoms with van der Waals surface area (Å²) in [6.07, 6.45) is 2.80. The van der Waals surface area contributed by atoms with Crippen molar-refractivity contribution in [2.75, 3.05) is 0 Å². The summed E-state index contributed by atoms with van der Waals surface area (Å²) >= 11 is 0. The largest absolute Gasteiger partial charge is 0.299 e. The number of hydrogen-bond donors (Lipinski definition) is 0. The molecule has 1 rings (SSSR count). The van der Waals surface area contributed by atoms with Crippen molar-refractivity contribution in [1.82, 2.24) is 15.0 Å². The molecule has 0 saturated heterocycles. The molecule has 4 nitrogen and oxygen atoms in total. The van der Waals surface area contributed by atoms with Gasteiger partial charge in [-0.1, -0.05) is 32.9 Å². The average Bonchev–Trinajstić information content (AvgIpc) is 2.49. The summed E-state index contributed by atoms with van der Waals surface area (Å²) in [5.41, 5.74) is 0.937. The van der Waals surface area contributed by atoms with E-state index in [2.05, 4.69) is 38.0 Å². The normalized spacial score (nSPS) is 13.8. The molecule has 0 fully saturated rings. The molecular formula is C12H21N3O. The SMILES string of the molecule is CC(CC(=O)Cc1cn(C)nn1)C(C)(C)C. The van der Waals surface area contributed by atoms with Gasteiger partial charge in [0, 0.05) is 19.7 Å². The van der Waals surface area contributed by atoms with Gasteiger partial charge >= 0.3 is 0 Å². The number of hydrogen-bond acceptors (Lipinski definition) is 3. The molecule has 1 aromatic heterocycles. The van der Waals surface area contributed by atoms with E-state index in [1.807, 2.05) is 0 Å². The molecule has 0 spiro atoms. The van der Waals surface area contributed by atoms with Gasteiger partial charge in [0.05, 0.1) is 12.1 Å². The minimum Gasteiger partial charge on any atom is -0.299 e. The molecule has 1 unspecified atom stereocenters. The summed E-state index contributed by atoms with van der Waals surface area (Å²) in [6, 6.07) is 0. The van der Waals surface area contributed by atoms with Crippen LogP contribution in [0, 0.1) is 11.3 Å². The van der Waals surface area contributed by atoms with Crippen LogP contribution in [0.1, 0.15) is 39.8 Å². The molecule has 1 atom stereocenters. The minimum atomic E-state index is 0.179. The van der Waals surface area contributed by atoms with Crippen LogP contribution >= 0.6 is 0 Å². The first-order valence-electron chi connectivity index (χ1n) is 5.66. The van der Waals surface area contributed by atoms with Crippen molar-refractivity contribution in [2.45, 2.75) is 40.5 Å². The van der Waals surface area contributed by atoms with Crippen molar-refractivity contribution in [3.05, 3.63) is 11.9 Å². The maximum absolute atomic E-state index is 11.8. The number of carbonyl (C=O) groups is 1. The van der Waals surface area contributed by atoms with E-state index in [9.17, 15) is 4.79 Å². The van der Waals surface area contributed by atoms with E-state index in [-0.39, 0.29) is 11.2 Å². The lowest BCUT2D eigenvalue weighted by Crippen LogP contribution is -2.21. The Hall–Kier alpha value is -1.19. The first-order valence-corrected chi connectivity index (χ1v) is 5.66. The average molecular weight is 223 g/mol. The lowest BCUT2D eigenvalue weighted by Gasteiger charge is -2.26. The molecular weight excluding hydrogens is 202 g/mol. The number of carbonyl (C=O) groups excluding carboxylic acids is 1. The Morgan fingerprint density at radius 2 is 2.12 bits per heavy atom. The lowest BCUT2D eigenvalue weighted by molar-refractivity contribution is -0.120. The van der Waals surface area contributed by atoms with E-state index in [1.54, 1.807) is 17.9 Å². The quantitative estimate of drug-likeness (QED) is 0.784. The molecule has 0 aromatic carbocycles. The summed E-state index contributed by atoms with van der Waals surface area (Å²) in [5.74, 6) is 0.625. The van der Waals surface area contributed by atoms with Gasteiger partial charge in [0.2, 0.25) is 0 Å². The Morgan fingerprint density at radius 1 is 1.50 bits per heavy atom. The van der Waals surface area contributed by atoms with E-state index < -0.39 is 0 Å². The maximum atomic E-state index is 11.8. The van der Waals surface area contributed by atoms with E-state index >= 15 is 0 Å². The molecule has 90 valence electrons. The van der Waals surface area contributed by atoms with Crippen molar-refractivity contribution in [3.63, 3.8) is 0 Å². The van der Waals surface area contributed by atoms with Crippen LogP contribution in [-0.2, 0) is 18.3 Å². The minimum absolute atomic E-state index is 0.179. The van der Waals surface area contributed by atoms with Gasteiger partial charge in [-0.3, -0.25) is 9.48 Å². The molecule has 0 aliphatic heterocycles. The summed E-state index contributed by atoms with van der Waals surface area (Å²) in [4.78, 5) is 11.8. The molecule has 0 amide bonds. The van der Waals surface area contributed by atoms with Gasteiger partial charge in [-0.05, 0) is 11.3 Å². The van der Waals surface area contributed by atoms with Crippen molar-refractivity contribution < 1.29 is 4.79 Å². The van der Waals surface area contributed by atoms with Gasteiger partial charge in [0.15, 0.2) is 0 Å². The smallest absolute Gasteiger partial charge is 0.139 e. The predicted molar refractivity (Wildman–Crippen MR) is 63.0 cm³/mol. The van der Waals surface area contributed by atoms with Crippen LogP contribution in [-0.4, -0.2) is 20.8 Å². The predicted octanol–water partition coefficient (Wildman–Crippen LogP) is 2.00. The third kappa shape index (κ3) is 3.76. The zero-order valence-electron chi connectivity index (χ0n) is 10.8. The van der Waals surface area contributed by atoms with Gasteiger partial charge < -0.3 is 0 Å². The van der Waals surface area contributed by atoms with Crippen molar-refractivity contribution in [3.8, 4) is 0 Å². The number of aryl methyl sites for hydroxylation is 1. The Morgan fingerprint density at radius 3 is 2.56 bits per heavy atom. The highest BCUT2D eigenvalue weighted by molar-refractivity contribution is 5.80. The van der Waals surface area contributed by atoms with Crippen molar-refractivity contribution in [1.29, 1.82) is 0 Å². The molecule has 0 saturated carbocycles. The molecule has 0 radical (unpaired) electrons. The van der Waals surface area contributed by atoms with Gasteiger partial charge in [0.1, 0.15) is 5.78 Å². The van der Waals surface area contributed by atoms with Gasteiger partial charge in [0.25, 0.3) is 0 Å². The zero-order chi connectivity index (χ0) is 12.3. The molecule has 4 heteroatoms. The first-order chi connectivity index (χ1) is 7.29. The summed E-state index contributed by atoms with van der Waals surface area (Å²) in [6.45, 7) is 8.60. The molecule has 16 heavy (non-hydrogen) atoms. The fourth-order valence-electron chi connectivity index (χ4n) is 1.40. The number of Topliss-reactive ketones (excluding diaryl/α,β-unsaturated/α-hetero) is 1. The monoisotopic (exact) mass is 223 g/mol. The third-order valence-corrected chi connectivity index (χ3v) is 3.04. The Bertz CT molecular complexity index is 363. The number of aromatic nitrogens is 3. The third-order valence-electron chi connectivity index (χ3n) is 3.04. The first kappa shape index (κ1) is 12.9. The van der Waals surface area contributed by atoms with Gasteiger partial charge in [-0.25, -0.2) is 0 Å². The molecule has 0 aliphatic carbocycles. The topological polar surface area (TPSA) is 47.8 Å². The Kier molecular flexibility index (Phi) is 3.83. The molecule has 0 aliphatic rings. The van der Waals surface area contributed by atoms with Crippen LogP contribution in [0.3, 0.4) is 0 Å². The van der Waals surface area contributed by atoms with Gasteiger partial charge in [-0.15, -0.1) is 5.10 Å². The van der Waals surface area contributed by atoms with Crippen LogP contribution in [0.25, 0.3) is 0 Å². The summed E-state index contributed by atoms with van der Waals surface area (Å²) in [5, 5.41) is 7.73. The van der Waals surface area contributed by atoms with Crippen LogP contribution in [0.2, 0.25) is 0 Å². The van der Waals surface area contributed by atoms with E-state index in [1.165, 1.54) is 0 Å². The highest BCUT2D eigenvalue weighted by Crippen LogP contribution is 2.28. The standard InChI is InChI=1S/C12H21N3O/c1-9(12(2,3)4)6-11(16)7-10-8-15(5)14-13-10/h8-9H,6-7H2,1-5H3. The zero-order valence-corrected chi connectivity index (χ0v) is 10.8. The fourth-order valence-corrected chi connectivity index (χ4v) is 1.40. The van der Waals surface area contributed by atoms with Crippen molar-refractivity contribution >= 4 is 5.78 Å². The van der Waals surface area contributed by atoms with Crippen LogP contribution in [0.15, 0.2) is 6.20 Å². The van der Waals surface area contributed by atoms with Crippen LogP contribution in [0.4, 0.5) is 0 Å². The van der Waals surface area contributed by atoms with E-state index in [0.717, 1.165) is 5.69 Å². The van der Waals surface area contributed by atoms with Crippen LogP contribution < -0.4 is 0 Å². The second-order valence-corrected chi connectivity index (χ2v) is 5.57. The Labute approximate surface area is 97.0 Å².